The number of aliphatic hydroxyl groups is 1. The molecule has 3 aliphatic heterocycles. The molecule has 2 aromatic rings. The minimum atomic E-state index is -4.45. The number of hydrogen-bond acceptors (Lipinski definition) is 7. The molecule has 3 fully saturated rings. The molecule has 0 saturated carbocycles. The molecule has 9 nitrogen and oxygen atoms in total. The fraction of sp³-hybridized carbons (Fsp3) is 0.538. The average Bonchev–Trinajstić information content (AvgIpc) is 3.45. The van der Waals surface area contributed by atoms with Crippen LogP contribution in [0.4, 0.5) is 38.3 Å². The number of amides is 2. The van der Waals surface area contributed by atoms with Crippen molar-refractivity contribution in [1.82, 2.24) is 9.88 Å². The molecular formula is C26H29F5N4O5. The van der Waals surface area contributed by atoms with Gasteiger partial charge in [-0.3, -0.25) is 0 Å². The van der Waals surface area contributed by atoms with E-state index in [9.17, 15) is 31.9 Å². The molecule has 0 bridgehead atoms. The summed E-state index contributed by atoms with van der Waals surface area (Å²) >= 11 is 0. The van der Waals surface area contributed by atoms with Crippen LogP contribution in [0.5, 0.6) is 5.88 Å². The second kappa shape index (κ2) is 10.6. The number of aliphatic hydroxyl groups excluding tert-OH is 1. The summed E-state index contributed by atoms with van der Waals surface area (Å²) in [5.74, 6) is -8.75. The van der Waals surface area contributed by atoms with Gasteiger partial charge in [-0.1, -0.05) is 0 Å². The molecular weight excluding hydrogens is 543 g/mol. The van der Waals surface area contributed by atoms with Gasteiger partial charge in [0.1, 0.15) is 24.8 Å². The Kier molecular flexibility index (Phi) is 7.52. The molecule has 4 heterocycles. The first-order valence-electron chi connectivity index (χ1n) is 12.8. The van der Waals surface area contributed by atoms with Gasteiger partial charge in [0.05, 0.1) is 32.1 Å². The number of nitrogens with one attached hydrogen (secondary N) is 1. The van der Waals surface area contributed by atoms with Crippen LogP contribution in [0.2, 0.25) is 0 Å². The number of pyridine rings is 1. The van der Waals surface area contributed by atoms with Gasteiger partial charge in [0.2, 0.25) is 5.88 Å². The fourth-order valence-corrected chi connectivity index (χ4v) is 5.17. The first-order valence-corrected chi connectivity index (χ1v) is 12.8. The van der Waals surface area contributed by atoms with Crippen LogP contribution < -0.4 is 15.0 Å². The van der Waals surface area contributed by atoms with Crippen molar-refractivity contribution in [2.75, 3.05) is 69.4 Å². The Labute approximate surface area is 226 Å². The number of carbonyl (C=O) groups is 1. The van der Waals surface area contributed by atoms with Gasteiger partial charge in [0.15, 0.2) is 5.60 Å². The predicted molar refractivity (Wildman–Crippen MR) is 134 cm³/mol. The summed E-state index contributed by atoms with van der Waals surface area (Å²) in [6, 6.07) is 5.10. The fourth-order valence-electron chi connectivity index (χ4n) is 5.17. The second-order valence-electron chi connectivity index (χ2n) is 10.0. The van der Waals surface area contributed by atoms with Gasteiger partial charge < -0.3 is 34.4 Å². The molecule has 14 heteroatoms. The van der Waals surface area contributed by atoms with E-state index in [1.54, 1.807) is 19.1 Å². The van der Waals surface area contributed by atoms with Gasteiger partial charge in [0.25, 0.3) is 0 Å². The third kappa shape index (κ3) is 5.03. The van der Waals surface area contributed by atoms with Gasteiger partial charge >= 0.3 is 17.9 Å². The molecule has 218 valence electrons. The quantitative estimate of drug-likeness (QED) is 0.510. The predicted octanol–water partition coefficient (Wildman–Crippen LogP) is 3.68. The molecule has 2 amide bonds. The zero-order chi connectivity index (χ0) is 28.7. The zero-order valence-corrected chi connectivity index (χ0v) is 21.7. The van der Waals surface area contributed by atoms with Crippen molar-refractivity contribution in [2.24, 2.45) is 0 Å². The Hall–Kier alpha value is -3.23. The number of alkyl halides is 4. The lowest BCUT2D eigenvalue weighted by Crippen LogP contribution is -2.54. The summed E-state index contributed by atoms with van der Waals surface area (Å²) in [6.07, 6.45) is -0.484. The zero-order valence-electron chi connectivity index (χ0n) is 21.7. The molecule has 40 heavy (non-hydrogen) atoms. The lowest BCUT2D eigenvalue weighted by Gasteiger charge is -2.30. The van der Waals surface area contributed by atoms with Crippen molar-refractivity contribution in [3.05, 3.63) is 35.6 Å². The van der Waals surface area contributed by atoms with E-state index in [-0.39, 0.29) is 31.3 Å². The molecule has 5 rings (SSSR count). The van der Waals surface area contributed by atoms with E-state index in [0.29, 0.717) is 48.8 Å². The second-order valence-corrected chi connectivity index (χ2v) is 10.0. The number of ether oxygens (including phenoxy) is 3. The van der Waals surface area contributed by atoms with E-state index in [4.69, 9.17) is 14.2 Å². The minimum absolute atomic E-state index is 0.00866. The summed E-state index contributed by atoms with van der Waals surface area (Å²) in [6.45, 7) is 1.19. The summed E-state index contributed by atoms with van der Waals surface area (Å²) in [5, 5.41) is 11.6. The Morgan fingerprint density at radius 3 is 2.58 bits per heavy atom. The number of halogens is 5. The topological polar surface area (TPSA) is 96.4 Å². The largest absolute Gasteiger partial charge is 0.475 e. The minimum Gasteiger partial charge on any atom is -0.475 e. The Balaban J connectivity index is 1.40. The first kappa shape index (κ1) is 28.3. The molecule has 2 N–H and O–H groups in total. The first-order chi connectivity index (χ1) is 19.0. The van der Waals surface area contributed by atoms with Crippen molar-refractivity contribution >= 4 is 17.5 Å². The van der Waals surface area contributed by atoms with Crippen LogP contribution in [0.15, 0.2) is 24.3 Å². The number of hydrogen-bond donors (Lipinski definition) is 2. The highest BCUT2D eigenvalue weighted by Gasteiger charge is 2.76. The highest BCUT2D eigenvalue weighted by atomic mass is 19.3. The van der Waals surface area contributed by atoms with E-state index >= 15 is 0 Å². The van der Waals surface area contributed by atoms with Crippen LogP contribution in [-0.2, 0) is 9.47 Å². The van der Waals surface area contributed by atoms with Crippen LogP contribution in [0, 0.1) is 12.7 Å². The average molecular weight is 573 g/mol. The number of morpholine rings is 1. The number of rotatable bonds is 6. The normalized spacial score (nSPS) is 23.6. The number of nitrogens with zero attached hydrogens (tertiary/aromatic N) is 3. The number of anilines is 2. The maximum absolute atomic E-state index is 15.0. The van der Waals surface area contributed by atoms with Crippen molar-refractivity contribution < 1.29 is 46.1 Å². The van der Waals surface area contributed by atoms with Crippen molar-refractivity contribution in [1.29, 1.82) is 0 Å². The number of carbonyl (C=O) groups excluding carboxylic acids is 1. The van der Waals surface area contributed by atoms with Crippen molar-refractivity contribution in [2.45, 2.75) is 30.8 Å². The summed E-state index contributed by atoms with van der Waals surface area (Å²) in [4.78, 5) is 20.3. The number of aromatic nitrogens is 1. The van der Waals surface area contributed by atoms with E-state index < -0.39 is 48.9 Å². The van der Waals surface area contributed by atoms with Gasteiger partial charge in [0, 0.05) is 32.1 Å². The van der Waals surface area contributed by atoms with Crippen LogP contribution in [0.1, 0.15) is 12.0 Å². The van der Waals surface area contributed by atoms with Gasteiger partial charge in [-0.15, -0.1) is 0 Å². The van der Waals surface area contributed by atoms with Crippen molar-refractivity contribution in [3.63, 3.8) is 0 Å². The smallest absolute Gasteiger partial charge is 0.342 e. The number of likely N-dealkylation sites (tertiary alicyclic amines) is 1. The lowest BCUT2D eigenvalue weighted by atomic mass is 9.93. The molecule has 0 radical (unpaired) electrons. The molecule has 1 atom stereocenters. The number of urea groups is 1. The molecule has 1 spiro atoms. The maximum atomic E-state index is 15.0. The Bertz CT molecular complexity index is 1280. The highest BCUT2D eigenvalue weighted by molar-refractivity contribution is 5.91. The Morgan fingerprint density at radius 1 is 1.15 bits per heavy atom. The molecule has 1 aromatic heterocycles. The standard InChI is InChI=1S/C26H29F5N4O5/c1-16-10-19(27)20(32-23(37)35-3-2-24(14-35)26(30,31)25(28,29)15-40-24)13-18(16)17-11-21(34-4-7-38-8-5-34)33-22(12-17)39-9-6-36/h10-13,36H,2-9,14-15H2,1H3,(H,32,37). The van der Waals surface area contributed by atoms with Gasteiger partial charge in [-0.25, -0.2) is 9.18 Å². The SMILES string of the molecule is Cc1cc(F)c(NC(=O)N2CCC3(C2)OCC(F)(F)C3(F)F)cc1-c1cc(OCCO)nc(N2CCOCC2)c1. The summed E-state index contributed by atoms with van der Waals surface area (Å²) in [5.41, 5.74) is -1.06. The number of aryl methyl sites for hydroxylation is 1. The third-order valence-corrected chi connectivity index (χ3v) is 7.41. The maximum Gasteiger partial charge on any atom is 0.342 e. The van der Waals surface area contributed by atoms with Gasteiger partial charge in [-0.2, -0.15) is 22.5 Å². The summed E-state index contributed by atoms with van der Waals surface area (Å²) in [7, 11) is 0. The van der Waals surface area contributed by atoms with Crippen molar-refractivity contribution in [3.8, 4) is 17.0 Å². The molecule has 1 aromatic carbocycles. The Morgan fingerprint density at radius 2 is 1.90 bits per heavy atom. The van der Waals surface area contributed by atoms with Crippen LogP contribution in [-0.4, -0.2) is 97.7 Å². The summed E-state index contributed by atoms with van der Waals surface area (Å²) < 4.78 is 87.2. The van der Waals surface area contributed by atoms with Crippen LogP contribution >= 0.6 is 0 Å². The molecule has 3 saturated heterocycles. The van der Waals surface area contributed by atoms with E-state index in [0.717, 1.165) is 4.90 Å². The number of benzene rings is 1. The third-order valence-electron chi connectivity index (χ3n) is 7.41. The van der Waals surface area contributed by atoms with Gasteiger partial charge in [-0.05, 0) is 41.8 Å². The van der Waals surface area contributed by atoms with Crippen LogP contribution in [0.25, 0.3) is 11.1 Å². The molecule has 1 unspecified atom stereocenters. The molecule has 3 aliphatic rings. The van der Waals surface area contributed by atoms with E-state index in [1.165, 1.54) is 12.1 Å². The lowest BCUT2D eigenvalue weighted by molar-refractivity contribution is -0.215. The van der Waals surface area contributed by atoms with Crippen LogP contribution in [0.3, 0.4) is 0 Å². The monoisotopic (exact) mass is 572 g/mol. The molecule has 0 aliphatic carbocycles. The van der Waals surface area contributed by atoms with E-state index in [1.807, 2.05) is 4.90 Å². The highest BCUT2D eigenvalue weighted by Crippen LogP contribution is 2.54. The van der Waals surface area contributed by atoms with E-state index in [2.05, 4.69) is 10.3 Å².